The Balaban J connectivity index is 1.63. The lowest BCUT2D eigenvalue weighted by atomic mass is 10.2. The molecule has 1 N–H and O–H groups in total. The Morgan fingerprint density at radius 3 is 2.57 bits per heavy atom. The largest absolute Gasteiger partial charge is 0.304 e. The van der Waals surface area contributed by atoms with Gasteiger partial charge < -0.3 is 5.32 Å². The zero-order valence-electron chi connectivity index (χ0n) is 12.0. The average Bonchev–Trinajstić information content (AvgIpc) is 3.03. The van der Waals surface area contributed by atoms with Crippen molar-refractivity contribution in [2.75, 3.05) is 0 Å². The van der Waals surface area contributed by atoms with Gasteiger partial charge in [0.2, 0.25) is 0 Å². The van der Waals surface area contributed by atoms with Gasteiger partial charge in [-0.1, -0.05) is 36.4 Å². The van der Waals surface area contributed by atoms with Crippen molar-refractivity contribution in [3.8, 4) is 10.4 Å². The van der Waals surface area contributed by atoms with Crippen LogP contribution in [-0.4, -0.2) is 4.98 Å². The van der Waals surface area contributed by atoms with Crippen molar-refractivity contribution in [2.24, 2.45) is 0 Å². The highest BCUT2D eigenvalue weighted by molar-refractivity contribution is 7.15. The van der Waals surface area contributed by atoms with E-state index in [1.807, 2.05) is 35.7 Å². The second-order valence-electron chi connectivity index (χ2n) is 4.99. The molecule has 0 saturated carbocycles. The van der Waals surface area contributed by atoms with Crippen LogP contribution in [-0.2, 0) is 6.54 Å². The van der Waals surface area contributed by atoms with Gasteiger partial charge in [0, 0.05) is 28.5 Å². The van der Waals surface area contributed by atoms with Crippen molar-refractivity contribution in [1.82, 2.24) is 10.3 Å². The van der Waals surface area contributed by atoms with E-state index < -0.39 is 0 Å². The Morgan fingerprint density at radius 2 is 1.81 bits per heavy atom. The van der Waals surface area contributed by atoms with E-state index in [-0.39, 0.29) is 6.04 Å². The van der Waals surface area contributed by atoms with Gasteiger partial charge in [-0.05, 0) is 36.8 Å². The van der Waals surface area contributed by atoms with Crippen LogP contribution in [0.4, 0.5) is 0 Å². The molecule has 0 saturated heterocycles. The van der Waals surface area contributed by atoms with Gasteiger partial charge in [-0.2, -0.15) is 0 Å². The Morgan fingerprint density at radius 1 is 1.00 bits per heavy atom. The van der Waals surface area contributed by atoms with Crippen LogP contribution in [0.2, 0.25) is 0 Å². The van der Waals surface area contributed by atoms with Crippen LogP contribution in [0.1, 0.15) is 23.5 Å². The van der Waals surface area contributed by atoms with Gasteiger partial charge in [0.05, 0.1) is 5.69 Å². The third-order valence-corrected chi connectivity index (χ3v) is 4.57. The summed E-state index contributed by atoms with van der Waals surface area (Å²) in [6.07, 6.45) is 1.84. The molecular weight excluding hydrogens is 276 g/mol. The fourth-order valence-corrected chi connectivity index (χ4v) is 3.18. The van der Waals surface area contributed by atoms with E-state index in [2.05, 4.69) is 59.7 Å². The molecule has 1 aromatic carbocycles. The van der Waals surface area contributed by atoms with Crippen molar-refractivity contribution < 1.29 is 0 Å². The molecule has 21 heavy (non-hydrogen) atoms. The molecule has 106 valence electrons. The molecule has 0 aliphatic carbocycles. The molecule has 3 rings (SSSR count). The van der Waals surface area contributed by atoms with Crippen LogP contribution in [0.25, 0.3) is 10.4 Å². The highest BCUT2D eigenvalue weighted by Gasteiger charge is 2.07. The molecule has 0 aliphatic heterocycles. The Hall–Kier alpha value is -1.97. The summed E-state index contributed by atoms with van der Waals surface area (Å²) in [5.41, 5.74) is 2.36. The summed E-state index contributed by atoms with van der Waals surface area (Å²) in [7, 11) is 0. The zero-order valence-corrected chi connectivity index (χ0v) is 12.8. The number of nitrogens with zero attached hydrogens (tertiary/aromatic N) is 1. The van der Waals surface area contributed by atoms with Crippen molar-refractivity contribution >= 4 is 11.3 Å². The number of aromatic nitrogens is 1. The van der Waals surface area contributed by atoms with Gasteiger partial charge in [-0.3, -0.25) is 4.98 Å². The van der Waals surface area contributed by atoms with E-state index in [1.54, 1.807) is 0 Å². The maximum atomic E-state index is 4.38. The number of hydrogen-bond acceptors (Lipinski definition) is 3. The number of benzene rings is 1. The zero-order chi connectivity index (χ0) is 14.5. The van der Waals surface area contributed by atoms with Gasteiger partial charge in [-0.15, -0.1) is 11.3 Å². The van der Waals surface area contributed by atoms with E-state index in [4.69, 9.17) is 0 Å². The van der Waals surface area contributed by atoms with E-state index >= 15 is 0 Å². The van der Waals surface area contributed by atoms with Crippen LogP contribution in [0.15, 0.2) is 66.9 Å². The second-order valence-corrected chi connectivity index (χ2v) is 6.16. The summed E-state index contributed by atoms with van der Waals surface area (Å²) >= 11 is 1.84. The minimum atomic E-state index is 0.258. The number of pyridine rings is 1. The summed E-state index contributed by atoms with van der Waals surface area (Å²) in [6, 6.07) is 21.2. The summed E-state index contributed by atoms with van der Waals surface area (Å²) < 4.78 is 0. The van der Waals surface area contributed by atoms with Gasteiger partial charge in [0.25, 0.3) is 0 Å². The van der Waals surface area contributed by atoms with Crippen LogP contribution in [0.3, 0.4) is 0 Å². The smallest absolute Gasteiger partial charge is 0.0570 e. The lowest BCUT2D eigenvalue weighted by Crippen LogP contribution is -2.18. The van der Waals surface area contributed by atoms with Crippen molar-refractivity contribution in [3.05, 3.63) is 77.4 Å². The minimum Gasteiger partial charge on any atom is -0.304 e. The molecule has 3 heteroatoms. The maximum absolute atomic E-state index is 4.38. The maximum Gasteiger partial charge on any atom is 0.0570 e. The first-order valence-corrected chi connectivity index (χ1v) is 7.93. The molecule has 2 heterocycles. The molecule has 0 bridgehead atoms. The monoisotopic (exact) mass is 294 g/mol. The highest BCUT2D eigenvalue weighted by atomic mass is 32.1. The topological polar surface area (TPSA) is 24.9 Å². The van der Waals surface area contributed by atoms with Gasteiger partial charge >= 0.3 is 0 Å². The van der Waals surface area contributed by atoms with Crippen LogP contribution >= 0.6 is 11.3 Å². The Bertz CT molecular complexity index is 677. The first-order chi connectivity index (χ1) is 10.3. The fourth-order valence-electron chi connectivity index (χ4n) is 2.22. The molecular formula is C18H18N2S. The number of hydrogen-bond donors (Lipinski definition) is 1. The van der Waals surface area contributed by atoms with Crippen molar-refractivity contribution in [2.45, 2.75) is 19.5 Å². The van der Waals surface area contributed by atoms with Crippen LogP contribution in [0.5, 0.6) is 0 Å². The third kappa shape index (κ3) is 3.57. The van der Waals surface area contributed by atoms with Crippen molar-refractivity contribution in [3.63, 3.8) is 0 Å². The molecule has 0 amide bonds. The molecule has 2 aromatic heterocycles. The molecule has 0 aliphatic rings. The van der Waals surface area contributed by atoms with E-state index in [1.165, 1.54) is 15.3 Å². The summed E-state index contributed by atoms with van der Waals surface area (Å²) in [6.45, 7) is 3.02. The molecule has 1 unspecified atom stereocenters. The summed E-state index contributed by atoms with van der Waals surface area (Å²) in [5.74, 6) is 0. The quantitative estimate of drug-likeness (QED) is 0.740. The molecule has 0 spiro atoms. The number of nitrogens with one attached hydrogen (secondary N) is 1. The molecule has 0 fully saturated rings. The predicted molar refractivity (Wildman–Crippen MR) is 89.2 cm³/mol. The lowest BCUT2D eigenvalue weighted by Gasteiger charge is -2.12. The third-order valence-electron chi connectivity index (χ3n) is 3.43. The van der Waals surface area contributed by atoms with E-state index in [9.17, 15) is 0 Å². The van der Waals surface area contributed by atoms with Gasteiger partial charge in [0.1, 0.15) is 0 Å². The molecule has 0 radical (unpaired) electrons. The lowest BCUT2D eigenvalue weighted by molar-refractivity contribution is 0.565. The van der Waals surface area contributed by atoms with E-state index in [0.29, 0.717) is 0 Å². The highest BCUT2D eigenvalue weighted by Crippen LogP contribution is 2.28. The summed E-state index contributed by atoms with van der Waals surface area (Å²) in [4.78, 5) is 7.05. The number of rotatable bonds is 5. The van der Waals surface area contributed by atoms with Crippen LogP contribution in [0, 0.1) is 0 Å². The number of thiophene rings is 1. The van der Waals surface area contributed by atoms with Crippen molar-refractivity contribution in [1.29, 1.82) is 0 Å². The Kier molecular flexibility index (Phi) is 4.43. The first-order valence-electron chi connectivity index (χ1n) is 7.11. The first kappa shape index (κ1) is 14.0. The predicted octanol–water partition coefficient (Wildman–Crippen LogP) is 4.66. The molecule has 1 atom stereocenters. The SMILES string of the molecule is CC(NCc1ccc(-c2ccccc2)s1)c1ccccn1. The van der Waals surface area contributed by atoms with Crippen LogP contribution < -0.4 is 5.32 Å². The minimum absolute atomic E-state index is 0.258. The second kappa shape index (κ2) is 6.66. The standard InChI is InChI=1S/C18H18N2S/c1-14(17-9-5-6-12-19-17)20-13-16-10-11-18(21-16)15-7-3-2-4-8-15/h2-12,14,20H,13H2,1H3. The normalized spacial score (nSPS) is 12.2. The average molecular weight is 294 g/mol. The van der Waals surface area contributed by atoms with Gasteiger partial charge in [0.15, 0.2) is 0 Å². The molecule has 3 aromatic rings. The molecule has 2 nitrogen and oxygen atoms in total. The fraction of sp³-hybridized carbons (Fsp3) is 0.167. The van der Waals surface area contributed by atoms with Gasteiger partial charge in [-0.25, -0.2) is 0 Å². The van der Waals surface area contributed by atoms with E-state index in [0.717, 1.165) is 12.2 Å². The Labute approximate surface area is 129 Å². The summed E-state index contributed by atoms with van der Waals surface area (Å²) in [5, 5.41) is 3.53.